The number of non-ortho nitro benzene ring substituents is 1. The van der Waals surface area contributed by atoms with Gasteiger partial charge in [0.25, 0.3) is 17.5 Å². The van der Waals surface area contributed by atoms with Crippen molar-refractivity contribution >= 4 is 45.6 Å². The summed E-state index contributed by atoms with van der Waals surface area (Å²) in [5, 5.41) is 12.2. The topological polar surface area (TPSA) is 80.5 Å². The number of imide groups is 1. The third-order valence-corrected chi connectivity index (χ3v) is 4.46. The summed E-state index contributed by atoms with van der Waals surface area (Å²) in [4.78, 5) is 37.0. The van der Waals surface area contributed by atoms with E-state index < -0.39 is 16.7 Å². The lowest BCUT2D eigenvalue weighted by Gasteiger charge is -2.27. The second-order valence-electron chi connectivity index (χ2n) is 5.55. The van der Waals surface area contributed by atoms with E-state index in [9.17, 15) is 19.7 Å². The second kappa shape index (κ2) is 5.39. The zero-order valence-corrected chi connectivity index (χ0v) is 13.4. The molecule has 0 aromatic heterocycles. The monoisotopic (exact) mass is 352 g/mol. The number of carbonyl (C=O) groups is 2. The molecule has 0 bridgehead atoms. The number of halogens is 1. The average molecular weight is 353 g/mol. The molecule has 122 valence electrons. The molecule has 25 heavy (non-hydrogen) atoms. The van der Waals surface area contributed by atoms with Gasteiger partial charge in [0.05, 0.1) is 15.6 Å². The molecule has 0 spiro atoms. The summed E-state index contributed by atoms with van der Waals surface area (Å²) >= 11 is 6.12. The Morgan fingerprint density at radius 2 is 1.52 bits per heavy atom. The van der Waals surface area contributed by atoms with Crippen molar-refractivity contribution < 1.29 is 14.5 Å². The largest absolute Gasteiger partial charge is 0.271 e. The van der Waals surface area contributed by atoms with E-state index in [-0.39, 0.29) is 16.4 Å². The van der Waals surface area contributed by atoms with Crippen molar-refractivity contribution in [3.05, 3.63) is 80.9 Å². The maximum atomic E-state index is 12.9. The number of nitro benzene ring substituents is 1. The third-order valence-electron chi connectivity index (χ3n) is 4.15. The van der Waals surface area contributed by atoms with Crippen LogP contribution in [-0.4, -0.2) is 16.7 Å². The molecule has 0 radical (unpaired) electrons. The Hall–Kier alpha value is -3.25. The molecule has 6 nitrogen and oxygen atoms in total. The van der Waals surface area contributed by atoms with Crippen LogP contribution in [0.2, 0.25) is 5.02 Å². The molecule has 0 unspecified atom stereocenters. The van der Waals surface area contributed by atoms with E-state index in [4.69, 9.17) is 11.6 Å². The number of carbonyl (C=O) groups excluding carboxylic acids is 2. The van der Waals surface area contributed by atoms with Gasteiger partial charge in [-0.25, -0.2) is 4.90 Å². The molecular weight excluding hydrogens is 344 g/mol. The van der Waals surface area contributed by atoms with E-state index in [0.717, 1.165) is 16.4 Å². The fraction of sp³-hybridized carbons (Fsp3) is 0. The number of hydrogen-bond acceptors (Lipinski definition) is 4. The van der Waals surface area contributed by atoms with Gasteiger partial charge in [-0.15, -0.1) is 0 Å². The van der Waals surface area contributed by atoms with Gasteiger partial charge in [0.2, 0.25) is 0 Å². The van der Waals surface area contributed by atoms with Crippen molar-refractivity contribution in [2.75, 3.05) is 4.90 Å². The Morgan fingerprint density at radius 3 is 2.04 bits per heavy atom. The summed E-state index contributed by atoms with van der Waals surface area (Å²) < 4.78 is 0. The lowest BCUT2D eigenvalue weighted by molar-refractivity contribution is -0.384. The molecule has 4 rings (SSSR count). The first-order chi connectivity index (χ1) is 12.0. The fourth-order valence-corrected chi connectivity index (χ4v) is 3.30. The summed E-state index contributed by atoms with van der Waals surface area (Å²) in [6.45, 7) is 0. The van der Waals surface area contributed by atoms with E-state index in [1.807, 2.05) is 12.1 Å². The smallest absolute Gasteiger partial charge is 0.268 e. The number of nitrogens with zero attached hydrogens (tertiary/aromatic N) is 2. The lowest BCUT2D eigenvalue weighted by atomic mass is 9.94. The van der Waals surface area contributed by atoms with E-state index in [2.05, 4.69) is 0 Å². The Labute approximate surface area is 146 Å². The highest BCUT2D eigenvalue weighted by Crippen LogP contribution is 2.36. The molecule has 1 aliphatic rings. The molecule has 3 aromatic carbocycles. The first-order valence-corrected chi connectivity index (χ1v) is 7.71. The summed E-state index contributed by atoms with van der Waals surface area (Å²) in [5.74, 6) is -1.02. The van der Waals surface area contributed by atoms with Crippen LogP contribution in [0.15, 0.2) is 54.6 Å². The van der Waals surface area contributed by atoms with Gasteiger partial charge in [-0.2, -0.15) is 0 Å². The number of amides is 2. The van der Waals surface area contributed by atoms with Gasteiger partial charge in [-0.3, -0.25) is 19.7 Å². The maximum absolute atomic E-state index is 12.9. The van der Waals surface area contributed by atoms with Crippen LogP contribution in [-0.2, 0) is 0 Å². The molecule has 1 heterocycles. The third kappa shape index (κ3) is 2.19. The van der Waals surface area contributed by atoms with Crippen molar-refractivity contribution in [3.8, 4) is 0 Å². The van der Waals surface area contributed by atoms with Gasteiger partial charge >= 0.3 is 0 Å². The summed E-state index contributed by atoms with van der Waals surface area (Å²) in [6.07, 6.45) is 0. The van der Waals surface area contributed by atoms with Crippen LogP contribution in [0.4, 0.5) is 11.4 Å². The zero-order chi connectivity index (χ0) is 17.7. The van der Waals surface area contributed by atoms with Crippen LogP contribution in [0.25, 0.3) is 10.8 Å². The van der Waals surface area contributed by atoms with Gasteiger partial charge in [-0.05, 0) is 23.6 Å². The van der Waals surface area contributed by atoms with Crippen LogP contribution in [0.3, 0.4) is 0 Å². The predicted octanol–water partition coefficient (Wildman–Crippen LogP) is 4.20. The number of hydrogen-bond donors (Lipinski definition) is 0. The lowest BCUT2D eigenvalue weighted by Crippen LogP contribution is -2.40. The van der Waals surface area contributed by atoms with Gasteiger partial charge in [0, 0.05) is 28.6 Å². The van der Waals surface area contributed by atoms with Crippen molar-refractivity contribution in [2.45, 2.75) is 0 Å². The van der Waals surface area contributed by atoms with Crippen molar-refractivity contribution in [1.29, 1.82) is 0 Å². The second-order valence-corrected chi connectivity index (χ2v) is 5.95. The minimum Gasteiger partial charge on any atom is -0.268 e. The van der Waals surface area contributed by atoms with Crippen LogP contribution >= 0.6 is 11.6 Å². The van der Waals surface area contributed by atoms with E-state index in [1.54, 1.807) is 24.3 Å². The molecule has 2 amide bonds. The van der Waals surface area contributed by atoms with Crippen molar-refractivity contribution in [1.82, 2.24) is 0 Å². The van der Waals surface area contributed by atoms with E-state index >= 15 is 0 Å². The van der Waals surface area contributed by atoms with E-state index in [1.165, 1.54) is 12.1 Å². The SMILES string of the molecule is O=C1c2cccc3cccc(c23)C(=O)N1c1ccc([N+](=O)[O-])cc1Cl. The van der Waals surface area contributed by atoms with Gasteiger partial charge in [-0.1, -0.05) is 35.9 Å². The molecule has 7 heteroatoms. The number of nitro groups is 1. The Kier molecular flexibility index (Phi) is 3.30. The molecular formula is C18H9ClN2O4. The highest BCUT2D eigenvalue weighted by Gasteiger charge is 2.35. The first-order valence-electron chi connectivity index (χ1n) is 7.33. The molecule has 0 atom stereocenters. The molecule has 0 saturated heterocycles. The highest BCUT2D eigenvalue weighted by atomic mass is 35.5. The van der Waals surface area contributed by atoms with Crippen LogP contribution in [0.1, 0.15) is 20.7 Å². The molecule has 0 aliphatic carbocycles. The summed E-state index contributed by atoms with van der Waals surface area (Å²) in [7, 11) is 0. The standard InChI is InChI=1S/C18H9ClN2O4/c19-14-9-11(21(24)25)7-8-15(14)20-17(22)12-5-1-3-10-4-2-6-13(16(10)12)18(20)23/h1-9H. The Morgan fingerprint density at radius 1 is 0.920 bits per heavy atom. The number of rotatable bonds is 2. The minimum absolute atomic E-state index is 0.0394. The number of anilines is 1. The van der Waals surface area contributed by atoms with Gasteiger partial charge < -0.3 is 0 Å². The van der Waals surface area contributed by atoms with Crippen LogP contribution in [0, 0.1) is 10.1 Å². The Bertz CT molecular complexity index is 1040. The van der Waals surface area contributed by atoms with Gasteiger partial charge in [0.15, 0.2) is 0 Å². The number of benzene rings is 3. The zero-order valence-electron chi connectivity index (χ0n) is 12.6. The summed E-state index contributed by atoms with van der Waals surface area (Å²) in [6, 6.07) is 14.1. The normalized spacial score (nSPS) is 13.4. The van der Waals surface area contributed by atoms with Crippen molar-refractivity contribution in [3.63, 3.8) is 0 Å². The quantitative estimate of drug-likeness (QED) is 0.393. The highest BCUT2D eigenvalue weighted by molar-refractivity contribution is 6.40. The van der Waals surface area contributed by atoms with Crippen LogP contribution < -0.4 is 4.90 Å². The van der Waals surface area contributed by atoms with Gasteiger partial charge in [0.1, 0.15) is 0 Å². The molecule has 1 aliphatic heterocycles. The van der Waals surface area contributed by atoms with Crippen molar-refractivity contribution in [2.24, 2.45) is 0 Å². The fourth-order valence-electron chi connectivity index (χ4n) is 3.04. The predicted molar refractivity (Wildman–Crippen MR) is 93.2 cm³/mol. The summed E-state index contributed by atoms with van der Waals surface area (Å²) in [5.41, 5.74) is 0.686. The minimum atomic E-state index is -0.592. The van der Waals surface area contributed by atoms with E-state index in [0.29, 0.717) is 16.5 Å². The van der Waals surface area contributed by atoms with Crippen LogP contribution in [0.5, 0.6) is 0 Å². The Balaban J connectivity index is 1.93. The first kappa shape index (κ1) is 15.3. The molecule has 3 aromatic rings. The maximum Gasteiger partial charge on any atom is 0.271 e. The molecule has 0 N–H and O–H groups in total. The molecule has 0 fully saturated rings. The molecule has 0 saturated carbocycles. The average Bonchev–Trinajstić information content (AvgIpc) is 2.60.